The average molecular weight is 911 g/mol. The maximum atomic E-state index is 12.8. The van der Waals surface area contributed by atoms with Crippen molar-refractivity contribution in [2.45, 2.75) is 219 Å². The van der Waals surface area contributed by atoms with E-state index >= 15 is 0 Å². The van der Waals surface area contributed by atoms with Crippen LogP contribution in [0.4, 0.5) is 0 Å². The molecule has 0 amide bonds. The lowest BCUT2D eigenvalue weighted by Gasteiger charge is -2.18. The molecule has 66 heavy (non-hydrogen) atoms. The molecule has 0 heterocycles. The Bertz CT molecular complexity index is 1400. The molecule has 1 unspecified atom stereocenters. The van der Waals surface area contributed by atoms with Crippen molar-refractivity contribution >= 4 is 11.9 Å². The van der Waals surface area contributed by atoms with E-state index in [0.29, 0.717) is 25.9 Å². The van der Waals surface area contributed by atoms with Crippen LogP contribution in [0, 0.1) is 0 Å². The second kappa shape index (κ2) is 55.4. The molecule has 1 atom stereocenters. The Morgan fingerprint density at radius 2 is 0.712 bits per heavy atom. The third-order valence-electron chi connectivity index (χ3n) is 10.7. The molecular weight excluding hydrogens is 813 g/mol. The summed E-state index contributed by atoms with van der Waals surface area (Å²) in [6.45, 7) is 7.44. The Labute approximate surface area is 407 Å². The van der Waals surface area contributed by atoms with E-state index in [4.69, 9.17) is 14.2 Å². The average Bonchev–Trinajstić information content (AvgIpc) is 3.32. The number of carbonyl (C=O) groups is 2. The zero-order valence-electron chi connectivity index (χ0n) is 42.7. The van der Waals surface area contributed by atoms with Crippen LogP contribution < -0.4 is 0 Å². The third-order valence-corrected chi connectivity index (χ3v) is 10.7. The van der Waals surface area contributed by atoms with Crippen LogP contribution in [0.1, 0.15) is 213 Å². The molecule has 0 saturated carbocycles. The molecule has 0 aromatic heterocycles. The van der Waals surface area contributed by atoms with Gasteiger partial charge in [-0.25, -0.2) is 0 Å². The molecule has 0 rings (SSSR count). The van der Waals surface area contributed by atoms with Crippen molar-refractivity contribution in [2.75, 3.05) is 19.8 Å². The zero-order chi connectivity index (χ0) is 47.7. The van der Waals surface area contributed by atoms with E-state index in [-0.39, 0.29) is 25.2 Å². The second-order valence-corrected chi connectivity index (χ2v) is 17.0. The molecule has 0 aliphatic heterocycles. The summed E-state index contributed by atoms with van der Waals surface area (Å²) >= 11 is 0. The molecule has 0 spiro atoms. The number of hydrogen-bond acceptors (Lipinski definition) is 5. The van der Waals surface area contributed by atoms with Gasteiger partial charge in [0, 0.05) is 19.4 Å². The molecule has 0 radical (unpaired) electrons. The fourth-order valence-corrected chi connectivity index (χ4v) is 6.76. The van der Waals surface area contributed by atoms with Gasteiger partial charge in [0.1, 0.15) is 6.61 Å². The smallest absolute Gasteiger partial charge is 0.306 e. The van der Waals surface area contributed by atoms with E-state index in [0.717, 1.165) is 109 Å². The molecule has 5 nitrogen and oxygen atoms in total. The SMILES string of the molecule is CC/C=C\C/C=C\C/C=C\C/C=C\C/C=C\C/C=C\CCC(=O)OCC(COCCCCCCCC/C=C\C/C=C\C/C=C\CC)OC(=O)CCCCCCC/C=C\C/C=C\CCCCC. The van der Waals surface area contributed by atoms with Gasteiger partial charge in [-0.1, -0.05) is 212 Å². The van der Waals surface area contributed by atoms with Gasteiger partial charge in [-0.3, -0.25) is 9.59 Å². The number of rotatable bonds is 47. The van der Waals surface area contributed by atoms with Gasteiger partial charge in [0.2, 0.25) is 0 Å². The first-order valence-electron chi connectivity index (χ1n) is 26.7. The van der Waals surface area contributed by atoms with Crippen molar-refractivity contribution in [1.82, 2.24) is 0 Å². The van der Waals surface area contributed by atoms with Crippen LogP contribution in [0.5, 0.6) is 0 Å². The Hall–Kier alpha value is -3.96. The van der Waals surface area contributed by atoms with Crippen LogP contribution in [0.25, 0.3) is 0 Å². The normalized spacial score (nSPS) is 13.3. The van der Waals surface area contributed by atoms with Crippen molar-refractivity contribution in [3.05, 3.63) is 134 Å². The quantitative estimate of drug-likeness (QED) is 0.0346. The van der Waals surface area contributed by atoms with E-state index in [1.54, 1.807) is 0 Å². The summed E-state index contributed by atoms with van der Waals surface area (Å²) < 4.78 is 17.3. The number of allylic oxidation sites excluding steroid dienone is 22. The van der Waals surface area contributed by atoms with Gasteiger partial charge < -0.3 is 14.2 Å². The third kappa shape index (κ3) is 52.7. The van der Waals surface area contributed by atoms with Gasteiger partial charge in [-0.15, -0.1) is 0 Å². The minimum Gasteiger partial charge on any atom is -0.462 e. The van der Waals surface area contributed by atoms with E-state index in [1.807, 2.05) is 6.08 Å². The van der Waals surface area contributed by atoms with Crippen molar-refractivity contribution < 1.29 is 23.8 Å². The molecule has 0 N–H and O–H groups in total. The molecule has 0 aliphatic rings. The molecule has 0 saturated heterocycles. The summed E-state index contributed by atoms with van der Waals surface area (Å²) in [4.78, 5) is 25.4. The summed E-state index contributed by atoms with van der Waals surface area (Å²) in [6.07, 6.45) is 79.0. The summed E-state index contributed by atoms with van der Waals surface area (Å²) in [6, 6.07) is 0. The van der Waals surface area contributed by atoms with E-state index in [1.165, 1.54) is 64.2 Å². The van der Waals surface area contributed by atoms with E-state index in [2.05, 4.69) is 148 Å². The van der Waals surface area contributed by atoms with E-state index in [9.17, 15) is 9.59 Å². The maximum Gasteiger partial charge on any atom is 0.306 e. The number of unbranched alkanes of at least 4 members (excludes halogenated alkanes) is 14. The number of ether oxygens (including phenoxy) is 3. The fraction of sp³-hybridized carbons (Fsp3) is 0.607. The highest BCUT2D eigenvalue weighted by atomic mass is 16.6. The lowest BCUT2D eigenvalue weighted by Crippen LogP contribution is -2.30. The number of carbonyl (C=O) groups excluding carboxylic acids is 2. The maximum absolute atomic E-state index is 12.8. The first-order valence-corrected chi connectivity index (χ1v) is 26.7. The second-order valence-electron chi connectivity index (χ2n) is 17.0. The highest BCUT2D eigenvalue weighted by molar-refractivity contribution is 5.70. The summed E-state index contributed by atoms with van der Waals surface area (Å²) in [5.41, 5.74) is 0. The van der Waals surface area contributed by atoms with Crippen molar-refractivity contribution in [2.24, 2.45) is 0 Å². The largest absolute Gasteiger partial charge is 0.462 e. The number of esters is 2. The Morgan fingerprint density at radius 1 is 0.348 bits per heavy atom. The predicted octanol–water partition coefficient (Wildman–Crippen LogP) is 18.3. The van der Waals surface area contributed by atoms with Crippen LogP contribution in [0.15, 0.2) is 134 Å². The molecule has 0 bridgehead atoms. The summed E-state index contributed by atoms with van der Waals surface area (Å²) in [7, 11) is 0. The highest BCUT2D eigenvalue weighted by Crippen LogP contribution is 2.12. The topological polar surface area (TPSA) is 61.8 Å². The van der Waals surface area contributed by atoms with Gasteiger partial charge in [0.25, 0.3) is 0 Å². The van der Waals surface area contributed by atoms with Gasteiger partial charge >= 0.3 is 11.9 Å². The monoisotopic (exact) mass is 911 g/mol. The van der Waals surface area contributed by atoms with E-state index < -0.39 is 6.10 Å². The standard InChI is InChI=1S/C61H98O5/c1-4-7-10-13-16-19-22-25-28-30-31-32-34-36-39-42-45-48-51-54-60(62)65-58-59(57-64-56-53-50-47-44-41-38-35-29-26-23-20-17-14-11-8-5-2)66-61(63)55-52-49-46-43-40-37-33-27-24-21-18-15-12-9-6-3/h7-8,10-11,16-21,25-29,31-33,36,39,45,48,59H,4-6,9,12-15,22-24,30,34-35,37-38,40-44,46-47,49-58H2,1-3H3/b10-7-,11-8-,19-16-,20-17-,21-18-,28-25-,29-26-,32-31-,33-27-,39-36-,48-45-. The molecule has 0 aromatic rings. The number of hydrogen-bond donors (Lipinski definition) is 0. The Morgan fingerprint density at radius 3 is 1.15 bits per heavy atom. The minimum absolute atomic E-state index is 0.0253. The summed E-state index contributed by atoms with van der Waals surface area (Å²) in [5, 5.41) is 0. The molecular formula is C61H98O5. The van der Waals surface area contributed by atoms with Crippen LogP contribution in [0.2, 0.25) is 0 Å². The van der Waals surface area contributed by atoms with Gasteiger partial charge in [0.05, 0.1) is 6.61 Å². The van der Waals surface area contributed by atoms with Crippen LogP contribution in [0.3, 0.4) is 0 Å². The molecule has 0 aliphatic carbocycles. The highest BCUT2D eigenvalue weighted by Gasteiger charge is 2.17. The van der Waals surface area contributed by atoms with Crippen LogP contribution >= 0.6 is 0 Å². The summed E-state index contributed by atoms with van der Waals surface area (Å²) in [5.74, 6) is -0.526. The van der Waals surface area contributed by atoms with Gasteiger partial charge in [-0.05, 0) is 122 Å². The lowest BCUT2D eigenvalue weighted by molar-refractivity contribution is -0.162. The van der Waals surface area contributed by atoms with Crippen molar-refractivity contribution in [3.63, 3.8) is 0 Å². The minimum atomic E-state index is -0.591. The molecule has 372 valence electrons. The Balaban J connectivity index is 4.47. The molecule has 5 heteroatoms. The first kappa shape index (κ1) is 62.0. The fourth-order valence-electron chi connectivity index (χ4n) is 6.76. The van der Waals surface area contributed by atoms with Crippen LogP contribution in [-0.4, -0.2) is 37.9 Å². The van der Waals surface area contributed by atoms with Gasteiger partial charge in [0.15, 0.2) is 6.10 Å². The zero-order valence-corrected chi connectivity index (χ0v) is 42.7. The lowest BCUT2D eigenvalue weighted by atomic mass is 10.1. The predicted molar refractivity (Wildman–Crippen MR) is 288 cm³/mol. The first-order chi connectivity index (χ1) is 32.6. The Kier molecular flexibility index (Phi) is 52.0. The van der Waals surface area contributed by atoms with Crippen molar-refractivity contribution in [1.29, 1.82) is 0 Å². The van der Waals surface area contributed by atoms with Crippen molar-refractivity contribution in [3.8, 4) is 0 Å². The van der Waals surface area contributed by atoms with Gasteiger partial charge in [-0.2, -0.15) is 0 Å². The van der Waals surface area contributed by atoms with Crippen LogP contribution in [-0.2, 0) is 23.8 Å². The molecule has 0 fully saturated rings. The molecule has 0 aromatic carbocycles.